The lowest BCUT2D eigenvalue weighted by Crippen LogP contribution is -2.44. The van der Waals surface area contributed by atoms with Crippen LogP contribution in [0.15, 0.2) is 72.8 Å². The quantitative estimate of drug-likeness (QED) is 0.341. The zero-order valence-corrected chi connectivity index (χ0v) is 23.4. The summed E-state index contributed by atoms with van der Waals surface area (Å²) in [6.07, 6.45) is 0.148. The van der Waals surface area contributed by atoms with Crippen molar-refractivity contribution in [2.24, 2.45) is 11.8 Å². The molecule has 1 heterocycles. The summed E-state index contributed by atoms with van der Waals surface area (Å²) in [5, 5.41) is 10.6. The molecule has 1 aliphatic rings. The maximum atomic E-state index is 14.4. The molecule has 4 atom stereocenters. The summed E-state index contributed by atoms with van der Waals surface area (Å²) in [5.74, 6) is -1.63. The number of carboxylic acid groups (broad SMARTS) is 1. The van der Waals surface area contributed by atoms with Crippen molar-refractivity contribution in [1.82, 2.24) is 4.90 Å². The zero-order valence-electron chi connectivity index (χ0n) is 23.4. The van der Waals surface area contributed by atoms with Gasteiger partial charge in [-0.15, -0.1) is 0 Å². The molecule has 1 amide bonds. The van der Waals surface area contributed by atoms with Gasteiger partial charge in [0, 0.05) is 17.9 Å². The first-order valence-electron chi connectivity index (χ1n) is 13.2. The smallest absolute Gasteiger partial charge is 0.327 e. The summed E-state index contributed by atoms with van der Waals surface area (Å²) in [4.78, 5) is 42.7. The number of benzene rings is 3. The van der Waals surface area contributed by atoms with E-state index >= 15 is 0 Å². The van der Waals surface area contributed by atoms with Crippen LogP contribution in [0.4, 0.5) is 0 Å². The molecule has 3 aromatic carbocycles. The molecular formula is C32H35NO7. The maximum absolute atomic E-state index is 14.4. The highest BCUT2D eigenvalue weighted by Crippen LogP contribution is 2.52. The highest BCUT2D eigenvalue weighted by Gasteiger charge is 2.57. The highest BCUT2D eigenvalue weighted by molar-refractivity contribution is 6.01. The zero-order chi connectivity index (χ0) is 29.0. The van der Waals surface area contributed by atoms with Crippen LogP contribution in [0.2, 0.25) is 0 Å². The first-order chi connectivity index (χ1) is 19.2. The summed E-state index contributed by atoms with van der Waals surface area (Å²) in [6.45, 7) is 3.82. The number of hydrogen-bond donors (Lipinski definition) is 1. The van der Waals surface area contributed by atoms with Gasteiger partial charge in [0.1, 0.15) is 23.3 Å². The van der Waals surface area contributed by atoms with Crippen molar-refractivity contribution in [2.75, 3.05) is 21.3 Å². The number of carboxylic acids is 1. The van der Waals surface area contributed by atoms with Gasteiger partial charge in [0.2, 0.25) is 5.91 Å². The molecule has 0 spiro atoms. The first-order valence-corrected chi connectivity index (χ1v) is 13.2. The molecule has 0 aliphatic carbocycles. The Morgan fingerprint density at radius 3 is 1.62 bits per heavy atom. The number of amides is 1. The minimum absolute atomic E-state index is 0.00533. The molecule has 8 heteroatoms. The number of aliphatic carboxylic acids is 1. The Hall–Kier alpha value is -4.33. The van der Waals surface area contributed by atoms with Gasteiger partial charge in [-0.1, -0.05) is 38.1 Å². The molecule has 8 nitrogen and oxygen atoms in total. The molecule has 1 saturated heterocycles. The number of carbonyl (C=O) groups is 3. The number of methoxy groups -OCH3 is 3. The normalized spacial score (nSPS) is 20.3. The minimum atomic E-state index is -1.26. The molecule has 0 radical (unpaired) electrons. The van der Waals surface area contributed by atoms with Crippen LogP contribution >= 0.6 is 0 Å². The minimum Gasteiger partial charge on any atom is -0.497 e. The molecule has 0 saturated carbocycles. The van der Waals surface area contributed by atoms with E-state index in [9.17, 15) is 19.5 Å². The number of carbonyl (C=O) groups excluding carboxylic acids is 2. The van der Waals surface area contributed by atoms with Crippen molar-refractivity contribution in [3.05, 3.63) is 89.5 Å². The summed E-state index contributed by atoms with van der Waals surface area (Å²) in [6, 6.07) is 18.8. The number of Topliss-reactive ketones (excluding diaryl/α,β-unsaturated/α-hetero) is 1. The van der Waals surface area contributed by atoms with Crippen LogP contribution in [-0.4, -0.2) is 55.0 Å². The van der Waals surface area contributed by atoms with Gasteiger partial charge >= 0.3 is 5.97 Å². The number of likely N-dealkylation sites (tertiary alicyclic amines) is 1. The number of rotatable bonds is 10. The molecular weight excluding hydrogens is 510 g/mol. The topological polar surface area (TPSA) is 102 Å². The number of hydrogen-bond acceptors (Lipinski definition) is 6. The Bertz CT molecular complexity index is 1330. The lowest BCUT2D eigenvalue weighted by atomic mass is 9.76. The lowest BCUT2D eigenvalue weighted by molar-refractivity contribution is -0.150. The third-order valence-corrected chi connectivity index (χ3v) is 7.43. The van der Waals surface area contributed by atoms with Gasteiger partial charge in [0.05, 0.1) is 33.3 Å². The second-order valence-corrected chi connectivity index (χ2v) is 10.3. The largest absolute Gasteiger partial charge is 0.497 e. The van der Waals surface area contributed by atoms with Crippen LogP contribution in [0.1, 0.15) is 53.7 Å². The van der Waals surface area contributed by atoms with Crippen LogP contribution in [0.5, 0.6) is 17.2 Å². The molecule has 4 unspecified atom stereocenters. The average molecular weight is 546 g/mol. The number of ether oxygens (including phenoxy) is 3. The van der Waals surface area contributed by atoms with E-state index in [1.165, 1.54) is 4.90 Å². The van der Waals surface area contributed by atoms with Crippen molar-refractivity contribution in [2.45, 2.75) is 38.3 Å². The van der Waals surface area contributed by atoms with Gasteiger partial charge < -0.3 is 24.2 Å². The van der Waals surface area contributed by atoms with Crippen molar-refractivity contribution in [3.8, 4) is 17.2 Å². The van der Waals surface area contributed by atoms with E-state index in [-0.39, 0.29) is 24.0 Å². The van der Waals surface area contributed by atoms with Crippen molar-refractivity contribution < 1.29 is 33.7 Å². The van der Waals surface area contributed by atoms with Crippen LogP contribution in [0, 0.1) is 11.8 Å². The number of nitrogens with zero attached hydrogens (tertiary/aromatic N) is 1. The fourth-order valence-electron chi connectivity index (χ4n) is 5.59. The van der Waals surface area contributed by atoms with Crippen molar-refractivity contribution >= 4 is 17.7 Å². The highest BCUT2D eigenvalue weighted by atomic mass is 16.5. The summed E-state index contributed by atoms with van der Waals surface area (Å²) < 4.78 is 15.9. The summed E-state index contributed by atoms with van der Waals surface area (Å²) >= 11 is 0. The van der Waals surface area contributed by atoms with Gasteiger partial charge in [0.25, 0.3) is 0 Å². The Balaban J connectivity index is 1.96. The third kappa shape index (κ3) is 5.66. The summed E-state index contributed by atoms with van der Waals surface area (Å²) in [5.41, 5.74) is 1.70. The maximum Gasteiger partial charge on any atom is 0.327 e. The molecule has 210 valence electrons. The first kappa shape index (κ1) is 28.7. The van der Waals surface area contributed by atoms with Gasteiger partial charge in [0.15, 0.2) is 5.78 Å². The predicted octanol–water partition coefficient (Wildman–Crippen LogP) is 5.38. The van der Waals surface area contributed by atoms with E-state index in [0.29, 0.717) is 33.9 Å². The summed E-state index contributed by atoms with van der Waals surface area (Å²) in [7, 11) is 4.65. The van der Waals surface area contributed by atoms with E-state index in [4.69, 9.17) is 14.2 Å². The standard InChI is InChI=1S/C32H35NO7/c1-19(2)18-26(34)33-29(21-8-14-24(39-4)15-9-21)28(31(35)22-10-16-25(40-5)17-11-22)27(30(33)32(36)37)20-6-12-23(38-3)13-7-20/h6-17,19,27-30H,18H2,1-5H3,(H,36,37). The van der Waals surface area contributed by atoms with Crippen LogP contribution in [-0.2, 0) is 9.59 Å². The van der Waals surface area contributed by atoms with E-state index in [0.717, 1.165) is 0 Å². The van der Waals surface area contributed by atoms with Crippen LogP contribution in [0.3, 0.4) is 0 Å². The Morgan fingerprint density at radius 1 is 0.750 bits per heavy atom. The van der Waals surface area contributed by atoms with Crippen LogP contribution in [0.25, 0.3) is 0 Å². The monoisotopic (exact) mass is 545 g/mol. The molecule has 1 fully saturated rings. The second kappa shape index (κ2) is 12.2. The Morgan fingerprint density at radius 2 is 1.20 bits per heavy atom. The molecule has 0 aromatic heterocycles. The van der Waals surface area contributed by atoms with Gasteiger partial charge in [-0.25, -0.2) is 4.79 Å². The third-order valence-electron chi connectivity index (χ3n) is 7.43. The second-order valence-electron chi connectivity index (χ2n) is 10.3. The molecule has 1 aliphatic heterocycles. The average Bonchev–Trinajstić information content (AvgIpc) is 3.33. The molecule has 3 aromatic rings. The van der Waals surface area contributed by atoms with Gasteiger partial charge in [-0.05, 0) is 65.6 Å². The van der Waals surface area contributed by atoms with Gasteiger partial charge in [-0.2, -0.15) is 0 Å². The number of ketones is 1. The van der Waals surface area contributed by atoms with E-state index < -0.39 is 29.9 Å². The van der Waals surface area contributed by atoms with Crippen LogP contribution < -0.4 is 14.2 Å². The Labute approximate surface area is 234 Å². The molecule has 40 heavy (non-hydrogen) atoms. The lowest BCUT2D eigenvalue weighted by Gasteiger charge is -2.31. The molecule has 1 N–H and O–H groups in total. The predicted molar refractivity (Wildman–Crippen MR) is 150 cm³/mol. The molecule has 4 rings (SSSR count). The van der Waals surface area contributed by atoms with Gasteiger partial charge in [-0.3, -0.25) is 9.59 Å². The van der Waals surface area contributed by atoms with E-state index in [1.807, 2.05) is 13.8 Å². The molecule has 0 bridgehead atoms. The van der Waals surface area contributed by atoms with E-state index in [1.54, 1.807) is 94.1 Å². The fraction of sp³-hybridized carbons (Fsp3) is 0.344. The van der Waals surface area contributed by atoms with Crippen molar-refractivity contribution in [3.63, 3.8) is 0 Å². The Kier molecular flexibility index (Phi) is 8.77. The van der Waals surface area contributed by atoms with E-state index in [2.05, 4.69) is 0 Å². The van der Waals surface area contributed by atoms with Crippen molar-refractivity contribution in [1.29, 1.82) is 0 Å². The fourth-order valence-corrected chi connectivity index (χ4v) is 5.59. The SMILES string of the molecule is COc1ccc(C(=O)C2C(c3ccc(OC)cc3)C(C(=O)O)N(C(=O)CC(C)C)C2c2ccc(OC)cc2)cc1.